The molecule has 2 aliphatic heterocycles. The number of amides is 1. The summed E-state index contributed by atoms with van der Waals surface area (Å²) in [6.07, 6.45) is 1.57. The third-order valence-corrected chi connectivity index (χ3v) is 4.94. The maximum Gasteiger partial charge on any atom is 0.251 e. The summed E-state index contributed by atoms with van der Waals surface area (Å²) in [7, 11) is 0. The van der Waals surface area contributed by atoms with Gasteiger partial charge < -0.3 is 9.64 Å². The van der Waals surface area contributed by atoms with Gasteiger partial charge in [-0.15, -0.1) is 0 Å². The Morgan fingerprint density at radius 3 is 2.54 bits per heavy atom. The van der Waals surface area contributed by atoms with Crippen LogP contribution in [0.25, 0.3) is 0 Å². The fourth-order valence-electron chi connectivity index (χ4n) is 3.52. The van der Waals surface area contributed by atoms with Gasteiger partial charge in [-0.2, -0.15) is 0 Å². The van der Waals surface area contributed by atoms with Crippen molar-refractivity contribution in [3.05, 3.63) is 34.9 Å². The molecule has 1 atom stereocenters. The molecule has 1 amide bonds. The molecule has 2 aliphatic rings. The van der Waals surface area contributed by atoms with Gasteiger partial charge in [0.15, 0.2) is 5.78 Å². The summed E-state index contributed by atoms with van der Waals surface area (Å²) < 4.78 is 5.48. The maximum atomic E-state index is 12.5. The number of ketones is 1. The molecule has 130 valence electrons. The number of nitrogens with zero attached hydrogens (tertiary/aromatic N) is 2. The standard InChI is InChI=1S/C19H26N2O3/c1-14-5-6-16(15(2)12-14)17(22)13-20-7-9-21(10-8-20)19(23)18-4-3-11-24-18/h5-6,12,18H,3-4,7-11,13H2,1-2H3. The molecule has 3 rings (SSSR count). The van der Waals surface area contributed by atoms with Crippen LogP contribution in [0, 0.1) is 13.8 Å². The minimum Gasteiger partial charge on any atom is -0.368 e. The molecule has 24 heavy (non-hydrogen) atoms. The van der Waals surface area contributed by atoms with Crippen LogP contribution in [-0.2, 0) is 9.53 Å². The van der Waals surface area contributed by atoms with E-state index in [-0.39, 0.29) is 17.8 Å². The van der Waals surface area contributed by atoms with Gasteiger partial charge in [0.05, 0.1) is 6.54 Å². The van der Waals surface area contributed by atoms with Crippen molar-refractivity contribution in [3.8, 4) is 0 Å². The van der Waals surface area contributed by atoms with Crippen LogP contribution in [0.4, 0.5) is 0 Å². The van der Waals surface area contributed by atoms with Crippen LogP contribution < -0.4 is 0 Å². The fraction of sp³-hybridized carbons (Fsp3) is 0.579. The Hall–Kier alpha value is -1.72. The molecule has 0 bridgehead atoms. The van der Waals surface area contributed by atoms with Gasteiger partial charge in [-0.3, -0.25) is 14.5 Å². The van der Waals surface area contributed by atoms with Crippen LogP contribution in [0.1, 0.15) is 34.3 Å². The first kappa shape index (κ1) is 17.1. The predicted octanol–water partition coefficient (Wildman–Crippen LogP) is 1.81. The van der Waals surface area contributed by atoms with Crippen molar-refractivity contribution in [2.75, 3.05) is 39.3 Å². The number of hydrogen-bond donors (Lipinski definition) is 0. The second-order valence-electron chi connectivity index (χ2n) is 6.84. The zero-order valence-electron chi connectivity index (χ0n) is 14.6. The number of carbonyl (C=O) groups is 2. The van der Waals surface area contributed by atoms with E-state index in [4.69, 9.17) is 4.74 Å². The number of Topliss-reactive ketones (excluding diaryl/α,β-unsaturated/α-hetero) is 1. The van der Waals surface area contributed by atoms with Crippen molar-refractivity contribution in [3.63, 3.8) is 0 Å². The van der Waals surface area contributed by atoms with Gasteiger partial charge in [0.2, 0.25) is 0 Å². The minimum absolute atomic E-state index is 0.118. The van der Waals surface area contributed by atoms with Crippen molar-refractivity contribution < 1.29 is 14.3 Å². The van der Waals surface area contributed by atoms with E-state index < -0.39 is 0 Å². The van der Waals surface area contributed by atoms with Gasteiger partial charge in [-0.1, -0.05) is 23.8 Å². The van der Waals surface area contributed by atoms with Gasteiger partial charge in [-0.25, -0.2) is 0 Å². The topological polar surface area (TPSA) is 49.9 Å². The molecule has 2 heterocycles. The van der Waals surface area contributed by atoms with Gasteiger partial charge in [0, 0.05) is 38.3 Å². The smallest absolute Gasteiger partial charge is 0.251 e. The molecule has 1 aromatic carbocycles. The van der Waals surface area contributed by atoms with E-state index in [2.05, 4.69) is 4.90 Å². The normalized spacial score (nSPS) is 21.9. The zero-order valence-corrected chi connectivity index (χ0v) is 14.6. The average Bonchev–Trinajstić information content (AvgIpc) is 3.09. The summed E-state index contributed by atoms with van der Waals surface area (Å²) in [5, 5.41) is 0. The highest BCUT2D eigenvalue weighted by Gasteiger charge is 2.30. The number of ether oxygens (including phenoxy) is 1. The highest BCUT2D eigenvalue weighted by atomic mass is 16.5. The fourth-order valence-corrected chi connectivity index (χ4v) is 3.52. The average molecular weight is 330 g/mol. The third-order valence-electron chi connectivity index (χ3n) is 4.94. The van der Waals surface area contributed by atoms with E-state index in [1.807, 2.05) is 36.9 Å². The van der Waals surface area contributed by atoms with Crippen LogP contribution in [0.5, 0.6) is 0 Å². The Balaban J connectivity index is 1.51. The number of piperazine rings is 1. The van der Waals surface area contributed by atoms with E-state index in [0.717, 1.165) is 37.1 Å². The van der Waals surface area contributed by atoms with Crippen molar-refractivity contribution in [2.45, 2.75) is 32.8 Å². The van der Waals surface area contributed by atoms with Crippen LogP contribution in [0.2, 0.25) is 0 Å². The summed E-state index contributed by atoms with van der Waals surface area (Å²) in [5.41, 5.74) is 3.01. The second kappa shape index (κ2) is 7.45. The highest BCUT2D eigenvalue weighted by Crippen LogP contribution is 2.17. The maximum absolute atomic E-state index is 12.5. The molecule has 0 saturated carbocycles. The summed E-state index contributed by atoms with van der Waals surface area (Å²) in [6, 6.07) is 5.95. The zero-order chi connectivity index (χ0) is 17.1. The molecular formula is C19H26N2O3. The largest absolute Gasteiger partial charge is 0.368 e. The molecule has 0 aliphatic carbocycles. The lowest BCUT2D eigenvalue weighted by atomic mass is 10.0. The number of rotatable bonds is 4. The van der Waals surface area contributed by atoms with E-state index in [1.54, 1.807) is 0 Å². The first-order valence-electron chi connectivity index (χ1n) is 8.78. The Morgan fingerprint density at radius 1 is 1.17 bits per heavy atom. The second-order valence-corrected chi connectivity index (χ2v) is 6.84. The predicted molar refractivity (Wildman–Crippen MR) is 92.2 cm³/mol. The van der Waals surface area contributed by atoms with Crippen LogP contribution in [0.3, 0.4) is 0 Å². The molecule has 0 radical (unpaired) electrons. The van der Waals surface area contributed by atoms with Crippen LogP contribution in [-0.4, -0.2) is 66.9 Å². The molecule has 5 nitrogen and oxygen atoms in total. The summed E-state index contributed by atoms with van der Waals surface area (Å²) in [6.45, 7) is 7.98. The minimum atomic E-state index is -0.242. The molecule has 2 saturated heterocycles. The van der Waals surface area contributed by atoms with Gasteiger partial charge in [0.1, 0.15) is 6.10 Å². The molecule has 1 unspecified atom stereocenters. The third kappa shape index (κ3) is 3.84. The SMILES string of the molecule is Cc1ccc(C(=O)CN2CCN(C(=O)C3CCCO3)CC2)c(C)c1. The lowest BCUT2D eigenvalue weighted by Crippen LogP contribution is -2.52. The summed E-state index contributed by atoms with van der Waals surface area (Å²) in [4.78, 5) is 28.9. The first-order chi connectivity index (χ1) is 11.5. The number of carbonyl (C=O) groups excluding carboxylic acids is 2. The molecule has 5 heteroatoms. The lowest BCUT2D eigenvalue weighted by Gasteiger charge is -2.35. The summed E-state index contributed by atoms with van der Waals surface area (Å²) >= 11 is 0. The highest BCUT2D eigenvalue weighted by molar-refractivity contribution is 5.99. The van der Waals surface area contributed by atoms with Crippen molar-refractivity contribution in [1.29, 1.82) is 0 Å². The Morgan fingerprint density at radius 2 is 1.92 bits per heavy atom. The van der Waals surface area contributed by atoms with Gasteiger partial charge in [-0.05, 0) is 32.3 Å². The Labute approximate surface area is 143 Å². The van der Waals surface area contributed by atoms with E-state index in [0.29, 0.717) is 26.2 Å². The van der Waals surface area contributed by atoms with Crippen LogP contribution in [0.15, 0.2) is 18.2 Å². The van der Waals surface area contributed by atoms with E-state index in [9.17, 15) is 9.59 Å². The first-order valence-corrected chi connectivity index (χ1v) is 8.78. The van der Waals surface area contributed by atoms with Crippen molar-refractivity contribution in [1.82, 2.24) is 9.80 Å². The lowest BCUT2D eigenvalue weighted by molar-refractivity contribution is -0.142. The Bertz CT molecular complexity index is 615. The molecule has 0 spiro atoms. The number of aryl methyl sites for hydroxylation is 2. The molecular weight excluding hydrogens is 304 g/mol. The molecule has 0 aromatic heterocycles. The quantitative estimate of drug-likeness (QED) is 0.790. The van der Waals surface area contributed by atoms with E-state index >= 15 is 0 Å². The Kier molecular flexibility index (Phi) is 5.31. The molecule has 0 N–H and O–H groups in total. The van der Waals surface area contributed by atoms with Crippen molar-refractivity contribution in [2.24, 2.45) is 0 Å². The van der Waals surface area contributed by atoms with Gasteiger partial charge >= 0.3 is 0 Å². The monoisotopic (exact) mass is 330 g/mol. The molecule has 2 fully saturated rings. The van der Waals surface area contributed by atoms with E-state index in [1.165, 1.54) is 5.56 Å². The molecule has 1 aromatic rings. The van der Waals surface area contributed by atoms with Crippen LogP contribution >= 0.6 is 0 Å². The summed E-state index contributed by atoms with van der Waals surface area (Å²) in [5.74, 6) is 0.277. The van der Waals surface area contributed by atoms with Crippen molar-refractivity contribution >= 4 is 11.7 Å². The number of benzene rings is 1. The van der Waals surface area contributed by atoms with Gasteiger partial charge in [0.25, 0.3) is 5.91 Å². The number of hydrogen-bond acceptors (Lipinski definition) is 4.